The predicted octanol–water partition coefficient (Wildman–Crippen LogP) is 3.62. The van der Waals surface area contributed by atoms with Gasteiger partial charge >= 0.3 is 0 Å². The number of nitrogens with one attached hydrogen (secondary N) is 1. The quantitative estimate of drug-likeness (QED) is 0.717. The van der Waals surface area contributed by atoms with Crippen molar-refractivity contribution in [2.75, 3.05) is 25.6 Å². The van der Waals surface area contributed by atoms with E-state index in [0.29, 0.717) is 24.5 Å². The summed E-state index contributed by atoms with van der Waals surface area (Å²) < 4.78 is 10.7. The number of carbonyl (C=O) groups is 1. The lowest BCUT2D eigenvalue weighted by Crippen LogP contribution is -2.21. The third-order valence-electron chi connectivity index (χ3n) is 4.68. The molecule has 1 N–H and O–H groups in total. The second-order valence-electron chi connectivity index (χ2n) is 7.06. The van der Waals surface area contributed by atoms with Crippen molar-refractivity contribution in [2.24, 2.45) is 0 Å². The molecule has 2 aromatic rings. The molecule has 3 rings (SSSR count). The van der Waals surface area contributed by atoms with Crippen molar-refractivity contribution >= 4 is 11.7 Å². The number of hydrogen-bond acceptors (Lipinski definition) is 6. The molecule has 1 aliphatic rings. The molecule has 144 valence electrons. The maximum absolute atomic E-state index is 12.5. The van der Waals surface area contributed by atoms with E-state index in [2.05, 4.69) is 15.3 Å². The Balaban J connectivity index is 1.65. The minimum absolute atomic E-state index is 0.106. The summed E-state index contributed by atoms with van der Waals surface area (Å²) in [5.41, 5.74) is 2.60. The van der Waals surface area contributed by atoms with E-state index in [1.165, 1.54) is 0 Å². The molecule has 0 saturated heterocycles. The molecule has 0 radical (unpaired) electrons. The summed E-state index contributed by atoms with van der Waals surface area (Å²) in [6.45, 7) is 5.49. The van der Waals surface area contributed by atoms with Crippen molar-refractivity contribution in [3.05, 3.63) is 47.3 Å². The van der Waals surface area contributed by atoms with Gasteiger partial charge in [0.1, 0.15) is 5.75 Å². The number of Topliss-reactive ketones (excluding diaryl/α,β-unsaturated/α-hetero) is 1. The van der Waals surface area contributed by atoms with Gasteiger partial charge in [0.15, 0.2) is 5.78 Å². The molecule has 0 spiro atoms. The Kier molecular flexibility index (Phi) is 6.40. The van der Waals surface area contributed by atoms with Crippen molar-refractivity contribution in [3.63, 3.8) is 0 Å². The van der Waals surface area contributed by atoms with Gasteiger partial charge < -0.3 is 14.8 Å². The van der Waals surface area contributed by atoms with Crippen LogP contribution in [0.1, 0.15) is 54.2 Å². The Morgan fingerprint density at radius 2 is 2.00 bits per heavy atom. The summed E-state index contributed by atoms with van der Waals surface area (Å²) in [7, 11) is 1.65. The molecule has 6 nitrogen and oxygen atoms in total. The van der Waals surface area contributed by atoms with E-state index in [-0.39, 0.29) is 17.8 Å². The molecule has 1 atom stereocenters. The molecular formula is C21H27N3O3. The summed E-state index contributed by atoms with van der Waals surface area (Å²) in [4.78, 5) is 21.4. The van der Waals surface area contributed by atoms with Crippen molar-refractivity contribution in [2.45, 2.75) is 45.1 Å². The summed E-state index contributed by atoms with van der Waals surface area (Å²) in [6.07, 6.45) is 4.00. The zero-order valence-corrected chi connectivity index (χ0v) is 16.2. The standard InChI is InChI=1S/C21H27N3O3/c1-14(2)27-10-4-9-22-21-23-13-18-19(24-21)11-16(12-20(18)25)15-5-7-17(26-3)8-6-15/h5-8,13-14,16H,4,9-12H2,1-3H3,(H,22,23,24). The number of nitrogens with zero attached hydrogens (tertiary/aromatic N) is 2. The first-order chi connectivity index (χ1) is 13.1. The van der Waals surface area contributed by atoms with Gasteiger partial charge in [-0.1, -0.05) is 12.1 Å². The first-order valence-electron chi connectivity index (χ1n) is 9.45. The van der Waals surface area contributed by atoms with E-state index in [0.717, 1.165) is 36.4 Å². The van der Waals surface area contributed by atoms with Crippen LogP contribution in [-0.4, -0.2) is 42.1 Å². The highest BCUT2D eigenvalue weighted by atomic mass is 16.5. The first-order valence-corrected chi connectivity index (χ1v) is 9.45. The highest BCUT2D eigenvalue weighted by Gasteiger charge is 2.28. The Bertz CT molecular complexity index is 775. The summed E-state index contributed by atoms with van der Waals surface area (Å²) >= 11 is 0. The van der Waals surface area contributed by atoms with Crippen LogP contribution in [0, 0.1) is 0 Å². The van der Waals surface area contributed by atoms with Gasteiger partial charge in [-0.3, -0.25) is 4.79 Å². The highest BCUT2D eigenvalue weighted by molar-refractivity contribution is 5.98. The Morgan fingerprint density at radius 3 is 2.70 bits per heavy atom. The Hall–Kier alpha value is -2.47. The molecule has 0 aliphatic heterocycles. The van der Waals surface area contributed by atoms with E-state index in [4.69, 9.17) is 9.47 Å². The molecule has 0 saturated carbocycles. The number of fused-ring (bicyclic) bond motifs is 1. The number of hydrogen-bond donors (Lipinski definition) is 1. The monoisotopic (exact) mass is 369 g/mol. The van der Waals surface area contributed by atoms with Crippen LogP contribution >= 0.6 is 0 Å². The Morgan fingerprint density at radius 1 is 1.22 bits per heavy atom. The van der Waals surface area contributed by atoms with E-state index in [9.17, 15) is 4.79 Å². The van der Waals surface area contributed by atoms with Crippen LogP contribution in [0.4, 0.5) is 5.95 Å². The number of benzene rings is 1. The lowest BCUT2D eigenvalue weighted by Gasteiger charge is -2.23. The fraction of sp³-hybridized carbons (Fsp3) is 0.476. The third kappa shape index (κ3) is 5.04. The predicted molar refractivity (Wildman–Crippen MR) is 105 cm³/mol. The number of ketones is 1. The number of ether oxygens (including phenoxy) is 2. The SMILES string of the molecule is COc1ccc(C2CC(=O)c3cnc(NCCCOC(C)C)nc3C2)cc1. The smallest absolute Gasteiger partial charge is 0.222 e. The van der Waals surface area contributed by atoms with Crippen LogP contribution in [0.25, 0.3) is 0 Å². The summed E-state index contributed by atoms with van der Waals surface area (Å²) in [6, 6.07) is 7.91. The largest absolute Gasteiger partial charge is 0.497 e. The molecule has 1 heterocycles. The maximum atomic E-state index is 12.5. The molecular weight excluding hydrogens is 342 g/mol. The van der Waals surface area contributed by atoms with Gasteiger partial charge in [0.25, 0.3) is 0 Å². The molecule has 1 aliphatic carbocycles. The van der Waals surface area contributed by atoms with Gasteiger partial charge in [-0.15, -0.1) is 0 Å². The van der Waals surface area contributed by atoms with E-state index < -0.39 is 0 Å². The van der Waals surface area contributed by atoms with Crippen LogP contribution in [0.15, 0.2) is 30.5 Å². The van der Waals surface area contributed by atoms with Crippen LogP contribution in [0.3, 0.4) is 0 Å². The second kappa shape index (κ2) is 8.95. The zero-order valence-electron chi connectivity index (χ0n) is 16.2. The topological polar surface area (TPSA) is 73.3 Å². The lowest BCUT2D eigenvalue weighted by atomic mass is 9.82. The fourth-order valence-electron chi connectivity index (χ4n) is 3.23. The Labute approximate surface area is 160 Å². The fourth-order valence-corrected chi connectivity index (χ4v) is 3.23. The number of anilines is 1. The number of rotatable bonds is 8. The molecule has 1 aromatic heterocycles. The molecule has 0 bridgehead atoms. The van der Waals surface area contributed by atoms with Crippen LogP contribution < -0.4 is 10.1 Å². The molecule has 6 heteroatoms. The van der Waals surface area contributed by atoms with Crippen LogP contribution in [-0.2, 0) is 11.2 Å². The lowest BCUT2D eigenvalue weighted by molar-refractivity contribution is 0.0787. The number of aromatic nitrogens is 2. The van der Waals surface area contributed by atoms with Gasteiger partial charge in [-0.05, 0) is 50.3 Å². The molecule has 0 fully saturated rings. The third-order valence-corrected chi connectivity index (χ3v) is 4.68. The average Bonchev–Trinajstić information content (AvgIpc) is 2.67. The average molecular weight is 369 g/mol. The number of methoxy groups -OCH3 is 1. The van der Waals surface area contributed by atoms with E-state index in [1.54, 1.807) is 13.3 Å². The first kappa shape index (κ1) is 19.3. The van der Waals surface area contributed by atoms with Crippen molar-refractivity contribution in [1.29, 1.82) is 0 Å². The van der Waals surface area contributed by atoms with E-state index >= 15 is 0 Å². The van der Waals surface area contributed by atoms with Gasteiger partial charge in [0.2, 0.25) is 5.95 Å². The summed E-state index contributed by atoms with van der Waals surface area (Å²) in [5, 5.41) is 3.22. The van der Waals surface area contributed by atoms with Gasteiger partial charge in [-0.2, -0.15) is 0 Å². The van der Waals surface area contributed by atoms with Crippen molar-refractivity contribution in [3.8, 4) is 5.75 Å². The van der Waals surface area contributed by atoms with Crippen LogP contribution in [0.2, 0.25) is 0 Å². The van der Waals surface area contributed by atoms with Crippen molar-refractivity contribution in [1.82, 2.24) is 9.97 Å². The molecule has 1 unspecified atom stereocenters. The zero-order chi connectivity index (χ0) is 19.2. The molecule has 27 heavy (non-hydrogen) atoms. The minimum atomic E-state index is 0.106. The number of carbonyl (C=O) groups excluding carboxylic acids is 1. The normalized spacial score (nSPS) is 16.3. The van der Waals surface area contributed by atoms with Gasteiger partial charge in [0, 0.05) is 25.8 Å². The van der Waals surface area contributed by atoms with E-state index in [1.807, 2.05) is 38.1 Å². The minimum Gasteiger partial charge on any atom is -0.497 e. The molecule has 0 amide bonds. The van der Waals surface area contributed by atoms with Gasteiger partial charge in [-0.25, -0.2) is 9.97 Å². The second-order valence-corrected chi connectivity index (χ2v) is 7.06. The maximum Gasteiger partial charge on any atom is 0.222 e. The highest BCUT2D eigenvalue weighted by Crippen LogP contribution is 2.32. The summed E-state index contributed by atoms with van der Waals surface area (Å²) in [5.74, 6) is 1.63. The van der Waals surface area contributed by atoms with Gasteiger partial charge in [0.05, 0.1) is 24.5 Å². The van der Waals surface area contributed by atoms with Crippen molar-refractivity contribution < 1.29 is 14.3 Å². The van der Waals surface area contributed by atoms with Crippen LogP contribution in [0.5, 0.6) is 5.75 Å². The molecule has 1 aromatic carbocycles.